The average molecular weight is 278 g/mol. The van der Waals surface area contributed by atoms with Crippen LogP contribution in [-0.2, 0) is 0 Å². The van der Waals surface area contributed by atoms with Gasteiger partial charge in [-0.05, 0) is 37.6 Å². The summed E-state index contributed by atoms with van der Waals surface area (Å²) in [5, 5.41) is 0. The molecule has 112 valence electrons. The molecule has 1 aliphatic rings. The fourth-order valence-electron chi connectivity index (χ4n) is 2.56. The van der Waals surface area contributed by atoms with E-state index in [4.69, 9.17) is 15.2 Å². The van der Waals surface area contributed by atoms with Crippen molar-refractivity contribution in [2.45, 2.75) is 32.9 Å². The van der Waals surface area contributed by atoms with E-state index in [1.165, 1.54) is 5.56 Å². The van der Waals surface area contributed by atoms with Crippen LogP contribution >= 0.6 is 0 Å². The Hall–Kier alpha value is -1.26. The van der Waals surface area contributed by atoms with Crippen molar-refractivity contribution < 1.29 is 9.47 Å². The van der Waals surface area contributed by atoms with Gasteiger partial charge in [-0.2, -0.15) is 0 Å². The second kappa shape index (κ2) is 6.46. The van der Waals surface area contributed by atoms with E-state index >= 15 is 0 Å². The highest BCUT2D eigenvalue weighted by Gasteiger charge is 2.24. The number of hydrogen-bond donors (Lipinski definition) is 1. The summed E-state index contributed by atoms with van der Waals surface area (Å²) in [7, 11) is 2.14. The lowest BCUT2D eigenvalue weighted by atomic mass is 9.99. The number of hydrogen-bond acceptors (Lipinski definition) is 4. The standard InChI is InChI=1S/C16H26N2O2/c1-11(2)12(3)18(4)14(10-17)13-5-6-15-16(9-13)20-8-7-19-15/h5-6,9,11-12,14H,7-8,10,17H2,1-4H3. The van der Waals surface area contributed by atoms with E-state index in [9.17, 15) is 0 Å². The number of fused-ring (bicyclic) bond motifs is 1. The van der Waals surface area contributed by atoms with Gasteiger partial charge in [-0.1, -0.05) is 19.9 Å². The van der Waals surface area contributed by atoms with Crippen LogP contribution in [0.15, 0.2) is 18.2 Å². The summed E-state index contributed by atoms with van der Waals surface area (Å²) in [6, 6.07) is 6.81. The Labute approximate surface area is 121 Å². The molecule has 0 aliphatic carbocycles. The maximum absolute atomic E-state index is 6.01. The lowest BCUT2D eigenvalue weighted by molar-refractivity contribution is 0.149. The summed E-state index contributed by atoms with van der Waals surface area (Å²) in [6.45, 7) is 8.54. The van der Waals surface area contributed by atoms with Crippen LogP contribution in [0.2, 0.25) is 0 Å². The normalized spacial score (nSPS) is 17.4. The van der Waals surface area contributed by atoms with Gasteiger partial charge >= 0.3 is 0 Å². The first kappa shape index (κ1) is 15.1. The number of likely N-dealkylation sites (N-methyl/N-ethyl adjacent to an activating group) is 1. The van der Waals surface area contributed by atoms with Crippen molar-refractivity contribution in [1.29, 1.82) is 0 Å². The van der Waals surface area contributed by atoms with Crippen LogP contribution in [-0.4, -0.2) is 37.7 Å². The Bertz CT molecular complexity index is 448. The number of nitrogens with two attached hydrogens (primary N) is 1. The van der Waals surface area contributed by atoms with Gasteiger partial charge in [0, 0.05) is 18.6 Å². The molecule has 0 saturated heterocycles. The third-order valence-corrected chi connectivity index (χ3v) is 4.27. The van der Waals surface area contributed by atoms with Gasteiger partial charge in [-0.15, -0.1) is 0 Å². The van der Waals surface area contributed by atoms with Crippen molar-refractivity contribution in [1.82, 2.24) is 4.90 Å². The second-order valence-corrected chi connectivity index (χ2v) is 5.80. The number of benzene rings is 1. The molecule has 1 aromatic carbocycles. The Balaban J connectivity index is 2.23. The van der Waals surface area contributed by atoms with Crippen LogP contribution in [0, 0.1) is 5.92 Å². The van der Waals surface area contributed by atoms with Crippen LogP contribution in [0.25, 0.3) is 0 Å². The van der Waals surface area contributed by atoms with Crippen molar-refractivity contribution in [2.75, 3.05) is 26.8 Å². The van der Waals surface area contributed by atoms with E-state index in [2.05, 4.69) is 44.9 Å². The summed E-state index contributed by atoms with van der Waals surface area (Å²) in [5.74, 6) is 2.25. The van der Waals surface area contributed by atoms with Crippen molar-refractivity contribution >= 4 is 0 Å². The van der Waals surface area contributed by atoms with E-state index in [0.29, 0.717) is 31.7 Å². The summed E-state index contributed by atoms with van der Waals surface area (Å²) in [4.78, 5) is 2.34. The van der Waals surface area contributed by atoms with Crippen LogP contribution in [0.4, 0.5) is 0 Å². The molecule has 2 atom stereocenters. The van der Waals surface area contributed by atoms with Crippen molar-refractivity contribution in [2.24, 2.45) is 11.7 Å². The fourth-order valence-corrected chi connectivity index (χ4v) is 2.56. The number of nitrogens with zero attached hydrogens (tertiary/aromatic N) is 1. The molecule has 2 rings (SSSR count). The largest absolute Gasteiger partial charge is 0.486 e. The lowest BCUT2D eigenvalue weighted by Crippen LogP contribution is -2.39. The first-order chi connectivity index (χ1) is 9.54. The first-order valence-corrected chi connectivity index (χ1v) is 7.36. The minimum Gasteiger partial charge on any atom is -0.486 e. The molecule has 2 unspecified atom stereocenters. The molecule has 4 heteroatoms. The maximum Gasteiger partial charge on any atom is 0.161 e. The van der Waals surface area contributed by atoms with Crippen LogP contribution in [0.1, 0.15) is 32.4 Å². The molecule has 0 radical (unpaired) electrons. The molecule has 0 aromatic heterocycles. The summed E-state index contributed by atoms with van der Waals surface area (Å²) >= 11 is 0. The molecule has 0 saturated carbocycles. The van der Waals surface area contributed by atoms with Crippen LogP contribution in [0.5, 0.6) is 11.5 Å². The third kappa shape index (κ3) is 3.07. The molecular weight excluding hydrogens is 252 g/mol. The maximum atomic E-state index is 6.01. The molecule has 0 spiro atoms. The predicted octanol–water partition coefficient (Wildman–Crippen LogP) is 2.43. The van der Waals surface area contributed by atoms with E-state index in [0.717, 1.165) is 11.5 Å². The summed E-state index contributed by atoms with van der Waals surface area (Å²) in [6.07, 6.45) is 0. The van der Waals surface area contributed by atoms with Gasteiger partial charge in [-0.3, -0.25) is 4.90 Å². The monoisotopic (exact) mass is 278 g/mol. The van der Waals surface area contributed by atoms with Crippen LogP contribution in [0.3, 0.4) is 0 Å². The SMILES string of the molecule is CC(C)C(C)N(C)C(CN)c1ccc2c(c1)OCCO2. The zero-order valence-corrected chi connectivity index (χ0v) is 12.9. The van der Waals surface area contributed by atoms with Gasteiger partial charge in [0.1, 0.15) is 13.2 Å². The van der Waals surface area contributed by atoms with Crippen LogP contribution < -0.4 is 15.2 Å². The topological polar surface area (TPSA) is 47.7 Å². The minimum absolute atomic E-state index is 0.197. The van der Waals surface area contributed by atoms with E-state index in [1.807, 2.05) is 6.07 Å². The molecule has 20 heavy (non-hydrogen) atoms. The molecule has 0 amide bonds. The van der Waals surface area contributed by atoms with Crippen molar-refractivity contribution in [3.8, 4) is 11.5 Å². The average Bonchev–Trinajstić information content (AvgIpc) is 2.46. The van der Waals surface area contributed by atoms with E-state index in [1.54, 1.807) is 0 Å². The van der Waals surface area contributed by atoms with Gasteiger partial charge < -0.3 is 15.2 Å². The highest BCUT2D eigenvalue weighted by Crippen LogP contribution is 2.34. The molecular formula is C16H26N2O2. The fraction of sp³-hybridized carbons (Fsp3) is 0.625. The summed E-state index contributed by atoms with van der Waals surface area (Å²) < 4.78 is 11.2. The number of ether oxygens (including phenoxy) is 2. The van der Waals surface area contributed by atoms with E-state index < -0.39 is 0 Å². The third-order valence-electron chi connectivity index (χ3n) is 4.27. The Morgan fingerprint density at radius 2 is 1.80 bits per heavy atom. The molecule has 1 aromatic rings. The Kier molecular flexibility index (Phi) is 4.89. The quantitative estimate of drug-likeness (QED) is 0.898. The molecule has 0 bridgehead atoms. The first-order valence-electron chi connectivity index (χ1n) is 7.36. The van der Waals surface area contributed by atoms with E-state index in [-0.39, 0.29) is 6.04 Å². The number of rotatable bonds is 5. The molecule has 1 aliphatic heterocycles. The smallest absolute Gasteiger partial charge is 0.161 e. The van der Waals surface area contributed by atoms with Crippen molar-refractivity contribution in [3.05, 3.63) is 23.8 Å². The van der Waals surface area contributed by atoms with Gasteiger partial charge in [0.15, 0.2) is 11.5 Å². The molecule has 1 heterocycles. The molecule has 2 N–H and O–H groups in total. The van der Waals surface area contributed by atoms with Gasteiger partial charge in [0.25, 0.3) is 0 Å². The minimum atomic E-state index is 0.197. The summed E-state index contributed by atoms with van der Waals surface area (Å²) in [5.41, 5.74) is 7.19. The van der Waals surface area contributed by atoms with Gasteiger partial charge in [-0.25, -0.2) is 0 Å². The molecule has 4 nitrogen and oxygen atoms in total. The van der Waals surface area contributed by atoms with Crippen molar-refractivity contribution in [3.63, 3.8) is 0 Å². The zero-order valence-electron chi connectivity index (χ0n) is 12.9. The molecule has 0 fully saturated rings. The lowest BCUT2D eigenvalue weighted by Gasteiger charge is -2.35. The second-order valence-electron chi connectivity index (χ2n) is 5.80. The Morgan fingerprint density at radius 1 is 1.15 bits per heavy atom. The predicted molar refractivity (Wildman–Crippen MR) is 81.3 cm³/mol. The zero-order chi connectivity index (χ0) is 14.7. The highest BCUT2D eigenvalue weighted by molar-refractivity contribution is 5.44. The Morgan fingerprint density at radius 3 is 2.40 bits per heavy atom. The van der Waals surface area contributed by atoms with Gasteiger partial charge in [0.2, 0.25) is 0 Å². The highest BCUT2D eigenvalue weighted by atomic mass is 16.6. The van der Waals surface area contributed by atoms with Gasteiger partial charge in [0.05, 0.1) is 0 Å².